The highest BCUT2D eigenvalue weighted by atomic mass is 32.2. The van der Waals surface area contributed by atoms with E-state index in [9.17, 15) is 0 Å². The first-order valence-electron chi connectivity index (χ1n) is 7.83. The van der Waals surface area contributed by atoms with Gasteiger partial charge >= 0.3 is 0 Å². The van der Waals surface area contributed by atoms with Gasteiger partial charge < -0.3 is 10.6 Å². The number of hydrogen-bond donors (Lipinski definition) is 2. The van der Waals surface area contributed by atoms with E-state index >= 15 is 0 Å². The molecule has 0 bridgehead atoms. The van der Waals surface area contributed by atoms with Crippen LogP contribution in [0.5, 0.6) is 0 Å². The summed E-state index contributed by atoms with van der Waals surface area (Å²) < 4.78 is 0. The molecule has 0 saturated carbocycles. The summed E-state index contributed by atoms with van der Waals surface area (Å²) in [5.74, 6) is 0.842. The third-order valence-corrected chi connectivity index (χ3v) is 4.40. The summed E-state index contributed by atoms with van der Waals surface area (Å²) in [6.45, 7) is 3.92. The number of pyridine rings is 1. The molecule has 5 heteroatoms. The lowest BCUT2D eigenvalue weighted by Crippen LogP contribution is -2.40. The normalized spacial score (nSPS) is 12.7. The molecule has 1 atom stereocenters. The maximum Gasteiger partial charge on any atom is 0.191 e. The number of aliphatic imine (C=N–C) groups is 1. The van der Waals surface area contributed by atoms with E-state index in [4.69, 9.17) is 0 Å². The molecule has 1 aromatic carbocycles. The van der Waals surface area contributed by atoms with Crippen molar-refractivity contribution in [3.63, 3.8) is 0 Å². The third-order valence-electron chi connectivity index (χ3n) is 3.29. The largest absolute Gasteiger partial charge is 0.356 e. The lowest BCUT2D eigenvalue weighted by molar-refractivity contribution is 0.779. The summed E-state index contributed by atoms with van der Waals surface area (Å²) in [4.78, 5) is 9.69. The van der Waals surface area contributed by atoms with Gasteiger partial charge in [0, 0.05) is 42.7 Å². The fourth-order valence-electron chi connectivity index (χ4n) is 2.11. The van der Waals surface area contributed by atoms with Crippen LogP contribution >= 0.6 is 11.8 Å². The van der Waals surface area contributed by atoms with Gasteiger partial charge in [-0.25, -0.2) is 0 Å². The summed E-state index contributed by atoms with van der Waals surface area (Å²) >= 11 is 1.86. The van der Waals surface area contributed by atoms with E-state index in [2.05, 4.69) is 57.9 Å². The molecule has 1 aromatic heterocycles. The molecule has 0 spiro atoms. The van der Waals surface area contributed by atoms with Crippen LogP contribution in [-0.4, -0.2) is 36.3 Å². The van der Waals surface area contributed by atoms with E-state index in [0.717, 1.165) is 25.5 Å². The molecule has 2 aromatic rings. The highest BCUT2D eigenvalue weighted by Crippen LogP contribution is 2.21. The van der Waals surface area contributed by atoms with Gasteiger partial charge in [0.05, 0.1) is 0 Å². The molecular formula is C18H24N4S. The van der Waals surface area contributed by atoms with Crippen molar-refractivity contribution in [2.45, 2.75) is 23.5 Å². The molecule has 2 N–H and O–H groups in total. The van der Waals surface area contributed by atoms with Crippen LogP contribution in [0.2, 0.25) is 0 Å². The summed E-state index contributed by atoms with van der Waals surface area (Å²) in [5, 5.41) is 7.18. The van der Waals surface area contributed by atoms with E-state index in [0.29, 0.717) is 5.25 Å². The minimum Gasteiger partial charge on any atom is -0.356 e. The molecule has 0 radical (unpaired) electrons. The van der Waals surface area contributed by atoms with Crippen LogP contribution in [0.4, 0.5) is 0 Å². The maximum absolute atomic E-state index is 4.27. The van der Waals surface area contributed by atoms with Gasteiger partial charge in [0.1, 0.15) is 0 Å². The average Bonchev–Trinajstić information content (AvgIpc) is 2.59. The van der Waals surface area contributed by atoms with Crippen LogP contribution < -0.4 is 10.6 Å². The summed E-state index contributed by atoms with van der Waals surface area (Å²) in [5.41, 5.74) is 1.23. The second-order valence-electron chi connectivity index (χ2n) is 5.23. The number of thioether (sulfide) groups is 1. The predicted molar refractivity (Wildman–Crippen MR) is 99.1 cm³/mol. The second-order valence-corrected chi connectivity index (χ2v) is 6.74. The Labute approximate surface area is 142 Å². The topological polar surface area (TPSA) is 49.3 Å². The number of guanidine groups is 1. The zero-order valence-corrected chi connectivity index (χ0v) is 14.5. The standard InChI is InChI=1S/C18H24N4S/c1-15(23-17-8-4-3-5-9-17)13-22-18(19-2)21-12-10-16-7-6-11-20-14-16/h3-9,11,14-15H,10,12-13H2,1-2H3,(H2,19,21,22). The molecule has 0 aliphatic rings. The Kier molecular flexibility index (Phi) is 7.46. The Morgan fingerprint density at radius 3 is 2.70 bits per heavy atom. The van der Waals surface area contributed by atoms with Crippen LogP contribution in [0.25, 0.3) is 0 Å². The number of hydrogen-bond acceptors (Lipinski definition) is 3. The summed E-state index contributed by atoms with van der Waals surface area (Å²) in [6, 6.07) is 14.5. The predicted octanol–water partition coefficient (Wildman–Crippen LogP) is 2.97. The molecule has 122 valence electrons. The first-order valence-corrected chi connectivity index (χ1v) is 8.71. The second kappa shape index (κ2) is 9.90. The number of aromatic nitrogens is 1. The maximum atomic E-state index is 4.27. The molecule has 2 rings (SSSR count). The molecule has 1 heterocycles. The zero-order valence-electron chi connectivity index (χ0n) is 13.7. The number of nitrogens with one attached hydrogen (secondary N) is 2. The molecule has 4 nitrogen and oxygen atoms in total. The first-order chi connectivity index (χ1) is 11.3. The Hall–Kier alpha value is -2.01. The van der Waals surface area contributed by atoms with Gasteiger partial charge in [0.2, 0.25) is 0 Å². The summed E-state index contributed by atoms with van der Waals surface area (Å²) in [6.07, 6.45) is 4.63. The van der Waals surface area contributed by atoms with Crippen molar-refractivity contribution in [2.24, 2.45) is 4.99 Å². The highest BCUT2D eigenvalue weighted by Gasteiger charge is 2.05. The van der Waals surface area contributed by atoms with Crippen molar-refractivity contribution >= 4 is 17.7 Å². The number of nitrogens with zero attached hydrogens (tertiary/aromatic N) is 2. The van der Waals surface area contributed by atoms with Crippen LogP contribution in [0, 0.1) is 0 Å². The third kappa shape index (κ3) is 6.74. The van der Waals surface area contributed by atoms with Crippen molar-refractivity contribution in [1.82, 2.24) is 15.6 Å². The minimum absolute atomic E-state index is 0.467. The molecule has 0 fully saturated rings. The smallest absolute Gasteiger partial charge is 0.191 e. The van der Waals surface area contributed by atoms with E-state index in [1.165, 1.54) is 10.5 Å². The first kappa shape index (κ1) is 17.3. The molecule has 0 aliphatic carbocycles. The molecule has 0 aliphatic heterocycles. The number of rotatable bonds is 7. The Morgan fingerprint density at radius 2 is 2.00 bits per heavy atom. The SMILES string of the molecule is CN=C(NCCc1cccnc1)NCC(C)Sc1ccccc1. The zero-order chi connectivity index (χ0) is 16.3. The fraction of sp³-hybridized carbons (Fsp3) is 0.333. The van der Waals surface area contributed by atoms with Crippen molar-refractivity contribution in [1.29, 1.82) is 0 Å². The minimum atomic E-state index is 0.467. The molecular weight excluding hydrogens is 304 g/mol. The lowest BCUT2D eigenvalue weighted by Gasteiger charge is -2.16. The van der Waals surface area contributed by atoms with Crippen LogP contribution in [0.15, 0.2) is 64.7 Å². The summed E-state index contributed by atoms with van der Waals surface area (Å²) in [7, 11) is 1.80. The van der Waals surface area contributed by atoms with Crippen molar-refractivity contribution in [3.8, 4) is 0 Å². The van der Waals surface area contributed by atoms with E-state index in [-0.39, 0.29) is 0 Å². The Morgan fingerprint density at radius 1 is 1.17 bits per heavy atom. The van der Waals surface area contributed by atoms with Crippen LogP contribution in [0.1, 0.15) is 12.5 Å². The van der Waals surface area contributed by atoms with Gasteiger partial charge in [-0.1, -0.05) is 31.2 Å². The molecule has 1 unspecified atom stereocenters. The fourth-order valence-corrected chi connectivity index (χ4v) is 3.05. The van der Waals surface area contributed by atoms with Crippen LogP contribution in [-0.2, 0) is 6.42 Å². The van der Waals surface area contributed by atoms with Crippen molar-refractivity contribution in [2.75, 3.05) is 20.1 Å². The van der Waals surface area contributed by atoms with Gasteiger partial charge in [-0.3, -0.25) is 9.98 Å². The molecule has 0 amide bonds. The lowest BCUT2D eigenvalue weighted by atomic mass is 10.2. The van der Waals surface area contributed by atoms with Gasteiger partial charge in [0.25, 0.3) is 0 Å². The highest BCUT2D eigenvalue weighted by molar-refractivity contribution is 8.00. The quantitative estimate of drug-likeness (QED) is 0.466. The van der Waals surface area contributed by atoms with Gasteiger partial charge in [-0.2, -0.15) is 0 Å². The Bertz CT molecular complexity index is 586. The average molecular weight is 328 g/mol. The van der Waals surface area contributed by atoms with Crippen molar-refractivity contribution < 1.29 is 0 Å². The van der Waals surface area contributed by atoms with E-state index < -0.39 is 0 Å². The molecule has 0 saturated heterocycles. The van der Waals surface area contributed by atoms with Crippen molar-refractivity contribution in [3.05, 3.63) is 60.4 Å². The monoisotopic (exact) mass is 328 g/mol. The van der Waals surface area contributed by atoms with Gasteiger partial charge in [-0.15, -0.1) is 11.8 Å². The number of benzene rings is 1. The Balaban J connectivity index is 1.68. The molecule has 23 heavy (non-hydrogen) atoms. The van der Waals surface area contributed by atoms with E-state index in [1.807, 2.05) is 30.1 Å². The van der Waals surface area contributed by atoms with Crippen LogP contribution in [0.3, 0.4) is 0 Å². The van der Waals surface area contributed by atoms with E-state index in [1.54, 1.807) is 13.2 Å². The van der Waals surface area contributed by atoms with Gasteiger partial charge in [0.15, 0.2) is 5.96 Å². The van der Waals surface area contributed by atoms with Gasteiger partial charge in [-0.05, 0) is 30.2 Å².